The van der Waals surface area contributed by atoms with Gasteiger partial charge in [-0.3, -0.25) is 4.90 Å². The number of rotatable bonds is 7. The van der Waals surface area contributed by atoms with Crippen molar-refractivity contribution in [3.8, 4) is 0 Å². The fraction of sp³-hybridized carbons (Fsp3) is 0.647. The standard InChI is InChI=1S/C17H28N2/c1-5-19(12-15-8-9-15)14(3)17(18-4)16-10-6-13(2)7-11-16/h6-7,10-11,14-15,17-18H,5,8-9,12H2,1-4H3. The van der Waals surface area contributed by atoms with Crippen LogP contribution in [0.1, 0.15) is 43.9 Å². The van der Waals surface area contributed by atoms with E-state index in [1.165, 1.54) is 30.5 Å². The fourth-order valence-corrected chi connectivity index (χ4v) is 2.89. The van der Waals surface area contributed by atoms with Crippen LogP contribution in [0.25, 0.3) is 0 Å². The predicted octanol–water partition coefficient (Wildman–Crippen LogP) is 3.38. The molecular weight excluding hydrogens is 232 g/mol. The van der Waals surface area contributed by atoms with Gasteiger partial charge in [0.25, 0.3) is 0 Å². The van der Waals surface area contributed by atoms with Crippen molar-refractivity contribution in [2.24, 2.45) is 5.92 Å². The van der Waals surface area contributed by atoms with Gasteiger partial charge in [0, 0.05) is 18.6 Å². The van der Waals surface area contributed by atoms with Crippen LogP contribution in [0.5, 0.6) is 0 Å². The van der Waals surface area contributed by atoms with E-state index in [9.17, 15) is 0 Å². The van der Waals surface area contributed by atoms with Gasteiger partial charge in [-0.1, -0.05) is 36.8 Å². The van der Waals surface area contributed by atoms with Gasteiger partial charge in [-0.15, -0.1) is 0 Å². The zero-order valence-electron chi connectivity index (χ0n) is 12.8. The third-order valence-electron chi connectivity index (χ3n) is 4.40. The normalized spacial score (nSPS) is 18.6. The molecule has 2 rings (SSSR count). The van der Waals surface area contributed by atoms with E-state index in [2.05, 4.69) is 62.3 Å². The Morgan fingerprint density at radius 3 is 2.37 bits per heavy atom. The molecule has 0 spiro atoms. The van der Waals surface area contributed by atoms with Crippen LogP contribution in [0.3, 0.4) is 0 Å². The van der Waals surface area contributed by atoms with Gasteiger partial charge in [0.05, 0.1) is 0 Å². The second-order valence-electron chi connectivity index (χ2n) is 5.95. The summed E-state index contributed by atoms with van der Waals surface area (Å²) in [5.41, 5.74) is 2.73. The summed E-state index contributed by atoms with van der Waals surface area (Å²) in [7, 11) is 2.08. The highest BCUT2D eigenvalue weighted by molar-refractivity contribution is 5.25. The van der Waals surface area contributed by atoms with Crippen molar-refractivity contribution >= 4 is 0 Å². The Morgan fingerprint density at radius 2 is 1.89 bits per heavy atom. The molecule has 0 aliphatic heterocycles. The lowest BCUT2D eigenvalue weighted by molar-refractivity contribution is 0.174. The van der Waals surface area contributed by atoms with Gasteiger partial charge in [-0.05, 0) is 51.8 Å². The number of likely N-dealkylation sites (N-methyl/N-ethyl adjacent to an activating group) is 2. The van der Waals surface area contributed by atoms with Gasteiger partial charge in [-0.2, -0.15) is 0 Å². The second kappa shape index (κ2) is 6.53. The summed E-state index contributed by atoms with van der Waals surface area (Å²) in [6.45, 7) is 9.18. The van der Waals surface area contributed by atoms with Crippen molar-refractivity contribution in [1.29, 1.82) is 0 Å². The zero-order valence-corrected chi connectivity index (χ0v) is 12.8. The molecule has 19 heavy (non-hydrogen) atoms. The summed E-state index contributed by atoms with van der Waals surface area (Å²) in [4.78, 5) is 2.62. The van der Waals surface area contributed by atoms with Crippen molar-refractivity contribution in [3.05, 3.63) is 35.4 Å². The largest absolute Gasteiger partial charge is 0.312 e. The van der Waals surface area contributed by atoms with Crippen LogP contribution in [-0.2, 0) is 0 Å². The smallest absolute Gasteiger partial charge is 0.0473 e. The van der Waals surface area contributed by atoms with E-state index in [1.54, 1.807) is 0 Å². The highest BCUT2D eigenvalue weighted by atomic mass is 15.2. The molecule has 1 saturated carbocycles. The maximum Gasteiger partial charge on any atom is 0.0473 e. The monoisotopic (exact) mass is 260 g/mol. The Morgan fingerprint density at radius 1 is 1.26 bits per heavy atom. The summed E-state index contributed by atoms with van der Waals surface area (Å²) in [5, 5.41) is 3.50. The summed E-state index contributed by atoms with van der Waals surface area (Å²) in [6.07, 6.45) is 2.86. The predicted molar refractivity (Wildman–Crippen MR) is 82.4 cm³/mol. The van der Waals surface area contributed by atoms with Crippen LogP contribution < -0.4 is 5.32 Å². The van der Waals surface area contributed by atoms with Crippen LogP contribution in [0, 0.1) is 12.8 Å². The van der Waals surface area contributed by atoms with Crippen molar-refractivity contribution in [2.45, 2.75) is 45.7 Å². The molecule has 106 valence electrons. The highest BCUT2D eigenvalue weighted by Crippen LogP contribution is 2.31. The zero-order chi connectivity index (χ0) is 13.8. The van der Waals surface area contributed by atoms with Gasteiger partial charge in [-0.25, -0.2) is 0 Å². The minimum absolute atomic E-state index is 0.416. The molecular formula is C17H28N2. The minimum atomic E-state index is 0.416. The molecule has 1 aromatic rings. The lowest BCUT2D eigenvalue weighted by Crippen LogP contribution is -2.43. The van der Waals surface area contributed by atoms with Crippen LogP contribution in [-0.4, -0.2) is 31.1 Å². The van der Waals surface area contributed by atoms with Crippen LogP contribution in [0.15, 0.2) is 24.3 Å². The SMILES string of the molecule is CCN(CC1CC1)C(C)C(NC)c1ccc(C)cc1. The first-order valence-electron chi connectivity index (χ1n) is 7.63. The van der Waals surface area contributed by atoms with Gasteiger partial charge in [0.15, 0.2) is 0 Å². The summed E-state index contributed by atoms with van der Waals surface area (Å²) in [5.74, 6) is 0.956. The average molecular weight is 260 g/mol. The van der Waals surface area contributed by atoms with Gasteiger partial charge in [0.1, 0.15) is 0 Å². The molecule has 0 saturated heterocycles. The van der Waals surface area contributed by atoms with E-state index >= 15 is 0 Å². The number of nitrogens with one attached hydrogen (secondary N) is 1. The Kier molecular flexibility index (Phi) is 5.00. The number of hydrogen-bond donors (Lipinski definition) is 1. The first-order valence-corrected chi connectivity index (χ1v) is 7.63. The van der Waals surface area contributed by atoms with Crippen molar-refractivity contribution in [1.82, 2.24) is 10.2 Å². The average Bonchev–Trinajstić information content (AvgIpc) is 3.23. The van der Waals surface area contributed by atoms with Crippen molar-refractivity contribution in [2.75, 3.05) is 20.1 Å². The molecule has 0 heterocycles. The van der Waals surface area contributed by atoms with E-state index < -0.39 is 0 Å². The van der Waals surface area contributed by atoms with E-state index in [-0.39, 0.29) is 0 Å². The third kappa shape index (κ3) is 3.80. The molecule has 1 aromatic carbocycles. The maximum atomic E-state index is 3.50. The summed E-state index contributed by atoms with van der Waals surface area (Å²) in [6, 6.07) is 9.90. The molecule has 1 aliphatic rings. The Balaban J connectivity index is 2.07. The molecule has 2 atom stereocenters. The lowest BCUT2D eigenvalue weighted by atomic mass is 9.98. The summed E-state index contributed by atoms with van der Waals surface area (Å²) >= 11 is 0. The fourth-order valence-electron chi connectivity index (χ4n) is 2.89. The third-order valence-corrected chi connectivity index (χ3v) is 4.40. The molecule has 2 nitrogen and oxygen atoms in total. The molecule has 2 unspecified atom stereocenters. The number of aryl methyl sites for hydroxylation is 1. The summed E-state index contributed by atoms with van der Waals surface area (Å²) < 4.78 is 0. The molecule has 0 radical (unpaired) electrons. The number of benzene rings is 1. The van der Waals surface area contributed by atoms with E-state index in [4.69, 9.17) is 0 Å². The highest BCUT2D eigenvalue weighted by Gasteiger charge is 2.29. The molecule has 1 fully saturated rings. The Hall–Kier alpha value is -0.860. The number of nitrogens with zero attached hydrogens (tertiary/aromatic N) is 1. The lowest BCUT2D eigenvalue weighted by Gasteiger charge is -2.34. The second-order valence-corrected chi connectivity index (χ2v) is 5.95. The first-order chi connectivity index (χ1) is 9.15. The van der Waals surface area contributed by atoms with Crippen molar-refractivity contribution in [3.63, 3.8) is 0 Å². The number of hydrogen-bond acceptors (Lipinski definition) is 2. The molecule has 1 aliphatic carbocycles. The topological polar surface area (TPSA) is 15.3 Å². The Bertz CT molecular complexity index is 381. The molecule has 1 N–H and O–H groups in total. The first kappa shape index (κ1) is 14.5. The molecule has 2 heteroatoms. The molecule has 0 aromatic heterocycles. The van der Waals surface area contributed by atoms with Crippen molar-refractivity contribution < 1.29 is 0 Å². The Labute approximate surface area is 118 Å². The van der Waals surface area contributed by atoms with Crippen LogP contribution in [0.4, 0.5) is 0 Å². The van der Waals surface area contributed by atoms with Gasteiger partial charge in [0.2, 0.25) is 0 Å². The van der Waals surface area contributed by atoms with Gasteiger partial charge >= 0.3 is 0 Å². The van der Waals surface area contributed by atoms with Crippen LogP contribution in [0.2, 0.25) is 0 Å². The minimum Gasteiger partial charge on any atom is -0.312 e. The molecule has 0 amide bonds. The van der Waals surface area contributed by atoms with E-state index in [0.29, 0.717) is 12.1 Å². The van der Waals surface area contributed by atoms with E-state index in [1.807, 2.05) is 0 Å². The quantitative estimate of drug-likeness (QED) is 0.808. The van der Waals surface area contributed by atoms with E-state index in [0.717, 1.165) is 12.5 Å². The molecule has 0 bridgehead atoms. The van der Waals surface area contributed by atoms with Gasteiger partial charge < -0.3 is 5.32 Å². The maximum absolute atomic E-state index is 3.50. The van der Waals surface area contributed by atoms with Crippen LogP contribution >= 0.6 is 0 Å².